The highest BCUT2D eigenvalue weighted by Gasteiger charge is 2.29. The minimum atomic E-state index is -0.361. The third-order valence-electron chi connectivity index (χ3n) is 4.29. The van der Waals surface area contributed by atoms with E-state index in [2.05, 4.69) is 15.3 Å². The molecule has 144 valence electrons. The van der Waals surface area contributed by atoms with E-state index in [1.807, 2.05) is 47.6 Å². The summed E-state index contributed by atoms with van der Waals surface area (Å²) in [6, 6.07) is 16.0. The average Bonchev–Trinajstić information content (AvgIpc) is 2.74. The summed E-state index contributed by atoms with van der Waals surface area (Å²) in [6.45, 7) is 1.89. The fourth-order valence-corrected chi connectivity index (χ4v) is 3.96. The average molecular weight is 405 g/mol. The molecule has 0 spiro atoms. The Bertz CT molecular complexity index is 1130. The number of amidine groups is 1. The number of rotatable bonds is 4. The van der Waals surface area contributed by atoms with Crippen LogP contribution < -0.4 is 15.4 Å². The summed E-state index contributed by atoms with van der Waals surface area (Å²) in [7, 11) is 0. The van der Waals surface area contributed by atoms with Crippen LogP contribution in [0.15, 0.2) is 64.7 Å². The van der Waals surface area contributed by atoms with E-state index in [0.717, 1.165) is 5.69 Å². The largest absolute Gasteiger partial charge is 0.382 e. The van der Waals surface area contributed by atoms with E-state index in [9.17, 15) is 9.65 Å². The van der Waals surface area contributed by atoms with Crippen molar-refractivity contribution < 1.29 is 4.39 Å². The second-order valence-corrected chi connectivity index (χ2v) is 7.20. The first-order valence-electron chi connectivity index (χ1n) is 8.76. The number of nitriles is 1. The molecule has 3 N–H and O–H groups in total. The number of benzene rings is 2. The Morgan fingerprint density at radius 2 is 1.97 bits per heavy atom. The number of halogens is 1. The maximum Gasteiger partial charge on any atom is 0.150 e. The van der Waals surface area contributed by atoms with Gasteiger partial charge in [0, 0.05) is 0 Å². The van der Waals surface area contributed by atoms with Crippen molar-refractivity contribution in [2.24, 2.45) is 4.99 Å². The maximum atomic E-state index is 14.4. The fourth-order valence-electron chi connectivity index (χ4n) is 2.89. The summed E-state index contributed by atoms with van der Waals surface area (Å²) in [6.07, 6.45) is 1.29. The predicted octanol–water partition coefficient (Wildman–Crippen LogP) is 4.13. The first kappa shape index (κ1) is 18.7. The van der Waals surface area contributed by atoms with Gasteiger partial charge in [0.05, 0.1) is 22.3 Å². The normalized spacial score (nSPS) is 13.8. The van der Waals surface area contributed by atoms with Crippen LogP contribution in [0.4, 0.5) is 27.4 Å². The van der Waals surface area contributed by atoms with Crippen molar-refractivity contribution in [3.05, 3.63) is 66.2 Å². The molecule has 0 fully saturated rings. The number of nitrogen functional groups attached to an aromatic ring is 1. The van der Waals surface area contributed by atoms with Crippen LogP contribution in [0.2, 0.25) is 0 Å². The molecule has 1 aliphatic rings. The molecule has 1 aromatic heterocycles. The summed E-state index contributed by atoms with van der Waals surface area (Å²) in [4.78, 5) is 13.1. The molecular formula is C20H16FN7S. The van der Waals surface area contributed by atoms with Gasteiger partial charge in [-0.15, -0.1) is 0 Å². The van der Waals surface area contributed by atoms with Crippen molar-refractivity contribution >= 4 is 40.8 Å². The Balaban J connectivity index is 1.76. The molecule has 0 bridgehead atoms. The van der Waals surface area contributed by atoms with E-state index in [-0.39, 0.29) is 23.2 Å². The number of aliphatic imine (C=N–C) groups is 1. The Labute approximate surface area is 171 Å². The smallest absolute Gasteiger partial charge is 0.150 e. The minimum Gasteiger partial charge on any atom is -0.382 e. The molecule has 0 saturated heterocycles. The van der Waals surface area contributed by atoms with Crippen LogP contribution in [0.1, 0.15) is 12.5 Å². The van der Waals surface area contributed by atoms with Crippen LogP contribution in [-0.2, 0) is 0 Å². The van der Waals surface area contributed by atoms with Gasteiger partial charge >= 0.3 is 0 Å². The molecule has 29 heavy (non-hydrogen) atoms. The lowest BCUT2D eigenvalue weighted by atomic mass is 10.2. The van der Waals surface area contributed by atoms with Crippen LogP contribution in [0.5, 0.6) is 0 Å². The van der Waals surface area contributed by atoms with E-state index in [0.29, 0.717) is 22.2 Å². The topological polar surface area (TPSA) is 103 Å². The van der Waals surface area contributed by atoms with Gasteiger partial charge in [-0.2, -0.15) is 5.26 Å². The van der Waals surface area contributed by atoms with E-state index in [1.165, 1.54) is 24.3 Å². The Hall–Kier alpha value is -3.64. The van der Waals surface area contributed by atoms with Crippen LogP contribution in [0.25, 0.3) is 0 Å². The number of nitrogens with two attached hydrogens (primary N) is 1. The first-order valence-corrected chi connectivity index (χ1v) is 9.53. The zero-order valence-electron chi connectivity index (χ0n) is 15.4. The van der Waals surface area contributed by atoms with E-state index in [4.69, 9.17) is 10.7 Å². The molecule has 0 radical (unpaired) electrons. The van der Waals surface area contributed by atoms with Gasteiger partial charge in [0.2, 0.25) is 0 Å². The zero-order valence-corrected chi connectivity index (χ0v) is 16.2. The Kier molecular flexibility index (Phi) is 5.01. The van der Waals surface area contributed by atoms with Crippen LogP contribution in [0.3, 0.4) is 0 Å². The summed E-state index contributed by atoms with van der Waals surface area (Å²) < 4.78 is 16.2. The van der Waals surface area contributed by atoms with Gasteiger partial charge < -0.3 is 11.1 Å². The standard InChI is InChI=1S/C20H16FN7S/c1-12(26-19-14(10-22)18(23)24-11-25-19)20-27-16-9-5-8-15(21)17(16)29-28(20)13-6-3-2-4-7-13/h2-9,11-12H,1H3,(H3,23,24,25,26)/t12-/m0/s1. The number of anilines is 3. The Morgan fingerprint density at radius 3 is 2.72 bits per heavy atom. The Morgan fingerprint density at radius 1 is 1.17 bits per heavy atom. The van der Waals surface area contributed by atoms with Crippen LogP contribution in [-0.4, -0.2) is 21.8 Å². The highest BCUT2D eigenvalue weighted by atomic mass is 32.2. The van der Waals surface area contributed by atoms with Crippen molar-refractivity contribution in [1.82, 2.24) is 9.97 Å². The predicted molar refractivity (Wildman–Crippen MR) is 113 cm³/mol. The van der Waals surface area contributed by atoms with E-state index in [1.54, 1.807) is 12.1 Å². The third-order valence-corrected chi connectivity index (χ3v) is 5.46. The lowest BCUT2D eigenvalue weighted by Gasteiger charge is -2.32. The first-order chi connectivity index (χ1) is 14.1. The van der Waals surface area contributed by atoms with E-state index >= 15 is 0 Å². The van der Waals surface area contributed by atoms with Crippen molar-refractivity contribution in [3.63, 3.8) is 0 Å². The summed E-state index contributed by atoms with van der Waals surface area (Å²) in [5.41, 5.74) is 7.35. The third kappa shape index (κ3) is 3.58. The second kappa shape index (κ2) is 7.77. The molecular weight excluding hydrogens is 389 g/mol. The molecule has 3 aromatic rings. The second-order valence-electron chi connectivity index (χ2n) is 6.24. The molecule has 0 amide bonds. The van der Waals surface area contributed by atoms with Crippen molar-refractivity contribution in [1.29, 1.82) is 5.26 Å². The highest BCUT2D eigenvalue weighted by Crippen LogP contribution is 2.42. The monoisotopic (exact) mass is 405 g/mol. The summed E-state index contributed by atoms with van der Waals surface area (Å²) in [5.74, 6) is 0.732. The van der Waals surface area contributed by atoms with Crippen LogP contribution >= 0.6 is 11.9 Å². The molecule has 2 aromatic carbocycles. The molecule has 0 unspecified atom stereocenters. The highest BCUT2D eigenvalue weighted by molar-refractivity contribution is 8.01. The molecule has 1 atom stereocenters. The van der Waals surface area contributed by atoms with Gasteiger partial charge in [0.1, 0.15) is 41.2 Å². The number of nitrogens with one attached hydrogen (secondary N) is 1. The molecule has 9 heteroatoms. The number of fused-ring (bicyclic) bond motifs is 1. The molecule has 7 nitrogen and oxygen atoms in total. The molecule has 4 rings (SSSR count). The molecule has 0 aliphatic carbocycles. The van der Waals surface area contributed by atoms with Gasteiger partial charge in [-0.3, -0.25) is 4.31 Å². The molecule has 1 aliphatic heterocycles. The number of hydrogen-bond donors (Lipinski definition) is 2. The number of aromatic nitrogens is 2. The number of para-hydroxylation sites is 1. The summed E-state index contributed by atoms with van der Waals surface area (Å²) >= 11 is 1.26. The van der Waals surface area contributed by atoms with Crippen LogP contribution in [0, 0.1) is 17.1 Å². The zero-order chi connectivity index (χ0) is 20.4. The number of hydrogen-bond acceptors (Lipinski definition) is 8. The lowest BCUT2D eigenvalue weighted by molar-refractivity contribution is 0.602. The molecule has 2 heterocycles. The van der Waals surface area contributed by atoms with Gasteiger partial charge in [0.15, 0.2) is 0 Å². The number of nitrogens with zero attached hydrogens (tertiary/aromatic N) is 5. The summed E-state index contributed by atoms with van der Waals surface area (Å²) in [5, 5.41) is 12.6. The molecule has 0 saturated carbocycles. The van der Waals surface area contributed by atoms with Gasteiger partial charge in [-0.1, -0.05) is 24.3 Å². The lowest BCUT2D eigenvalue weighted by Crippen LogP contribution is -2.39. The fraction of sp³-hybridized carbons (Fsp3) is 0.100. The van der Waals surface area contributed by atoms with Crippen molar-refractivity contribution in [2.75, 3.05) is 15.4 Å². The maximum absolute atomic E-state index is 14.4. The van der Waals surface area contributed by atoms with Gasteiger partial charge in [-0.25, -0.2) is 19.4 Å². The minimum absolute atomic E-state index is 0.101. The van der Waals surface area contributed by atoms with Crippen molar-refractivity contribution in [2.45, 2.75) is 17.9 Å². The SMILES string of the molecule is C[C@H](Nc1ncnc(N)c1C#N)C1=Nc2cccc(F)c2SN1c1ccccc1. The van der Waals surface area contributed by atoms with E-state index < -0.39 is 0 Å². The quantitative estimate of drug-likeness (QED) is 0.629. The van der Waals surface area contributed by atoms with Gasteiger partial charge in [-0.05, 0) is 43.1 Å². The van der Waals surface area contributed by atoms with Crippen molar-refractivity contribution in [3.8, 4) is 6.07 Å². The van der Waals surface area contributed by atoms with Gasteiger partial charge in [0.25, 0.3) is 0 Å².